The molecule has 0 aromatic heterocycles. The Hall–Kier alpha value is -2.69. The first-order valence-corrected chi connectivity index (χ1v) is 7.51. The Morgan fingerprint density at radius 2 is 1.78 bits per heavy atom. The molecule has 0 saturated carbocycles. The zero-order valence-electron chi connectivity index (χ0n) is 12.6. The van der Waals surface area contributed by atoms with E-state index in [9.17, 15) is 14.0 Å². The van der Waals surface area contributed by atoms with E-state index < -0.39 is 17.7 Å². The standard InChI is InChI=1S/C18H15FN2O2/c1-20-10-14-16(13-9-11(19)7-8-15(13)20)18(23)21(17(14)22)12-5-3-2-4-6-12/h2-9,14,16H,10H2,1H3/t14-,16+/m1/s1. The summed E-state index contributed by atoms with van der Waals surface area (Å²) >= 11 is 0. The van der Waals surface area contributed by atoms with Gasteiger partial charge < -0.3 is 4.90 Å². The van der Waals surface area contributed by atoms with Crippen molar-refractivity contribution in [3.63, 3.8) is 0 Å². The van der Waals surface area contributed by atoms with E-state index in [-0.39, 0.29) is 11.8 Å². The third-order valence-corrected chi connectivity index (χ3v) is 4.65. The summed E-state index contributed by atoms with van der Waals surface area (Å²) in [7, 11) is 1.86. The van der Waals surface area contributed by atoms with Gasteiger partial charge in [-0.15, -0.1) is 0 Å². The van der Waals surface area contributed by atoms with Crippen LogP contribution in [0.25, 0.3) is 0 Å². The van der Waals surface area contributed by atoms with Crippen LogP contribution >= 0.6 is 0 Å². The minimum absolute atomic E-state index is 0.215. The van der Waals surface area contributed by atoms with E-state index in [1.165, 1.54) is 17.0 Å². The molecule has 23 heavy (non-hydrogen) atoms. The second kappa shape index (κ2) is 4.91. The normalized spacial score (nSPS) is 23.0. The summed E-state index contributed by atoms with van der Waals surface area (Å²) in [6.45, 7) is 0.456. The number of anilines is 2. The summed E-state index contributed by atoms with van der Waals surface area (Å²) in [6.07, 6.45) is 0. The van der Waals surface area contributed by atoms with Crippen LogP contribution in [0.3, 0.4) is 0 Å². The molecule has 1 fully saturated rings. The molecule has 116 valence electrons. The number of fused-ring (bicyclic) bond motifs is 3. The van der Waals surface area contributed by atoms with Crippen molar-refractivity contribution >= 4 is 23.2 Å². The molecule has 0 N–H and O–H groups in total. The minimum atomic E-state index is -0.607. The van der Waals surface area contributed by atoms with E-state index in [0.29, 0.717) is 17.8 Å². The van der Waals surface area contributed by atoms with E-state index in [2.05, 4.69) is 0 Å². The van der Waals surface area contributed by atoms with Crippen molar-refractivity contribution in [1.82, 2.24) is 0 Å². The molecule has 0 aliphatic carbocycles. The van der Waals surface area contributed by atoms with E-state index in [4.69, 9.17) is 0 Å². The molecular weight excluding hydrogens is 295 g/mol. The molecular formula is C18H15FN2O2. The molecule has 1 saturated heterocycles. The van der Waals surface area contributed by atoms with Gasteiger partial charge in [0, 0.05) is 19.3 Å². The van der Waals surface area contributed by atoms with E-state index >= 15 is 0 Å². The maximum atomic E-state index is 13.7. The Morgan fingerprint density at radius 1 is 1.04 bits per heavy atom. The lowest BCUT2D eigenvalue weighted by atomic mass is 9.83. The Kier molecular flexibility index (Phi) is 2.98. The number of hydrogen-bond acceptors (Lipinski definition) is 3. The van der Waals surface area contributed by atoms with E-state index in [1.54, 1.807) is 30.3 Å². The quantitative estimate of drug-likeness (QED) is 0.760. The van der Waals surface area contributed by atoms with Crippen LogP contribution in [-0.2, 0) is 9.59 Å². The fourth-order valence-electron chi connectivity index (χ4n) is 3.61. The molecule has 0 unspecified atom stereocenters. The fraction of sp³-hybridized carbons (Fsp3) is 0.222. The Balaban J connectivity index is 1.84. The van der Waals surface area contributed by atoms with Crippen molar-refractivity contribution in [2.45, 2.75) is 5.92 Å². The van der Waals surface area contributed by atoms with Crippen molar-refractivity contribution in [3.8, 4) is 0 Å². The molecule has 2 aliphatic heterocycles. The smallest absolute Gasteiger partial charge is 0.242 e. The molecule has 0 radical (unpaired) electrons. The van der Waals surface area contributed by atoms with Crippen molar-refractivity contribution in [3.05, 3.63) is 59.9 Å². The van der Waals surface area contributed by atoms with Crippen LogP contribution in [0, 0.1) is 11.7 Å². The summed E-state index contributed by atoms with van der Waals surface area (Å²) < 4.78 is 13.7. The molecule has 4 nitrogen and oxygen atoms in total. The highest BCUT2D eigenvalue weighted by molar-refractivity contribution is 6.24. The monoisotopic (exact) mass is 310 g/mol. The van der Waals surface area contributed by atoms with Crippen LogP contribution < -0.4 is 9.80 Å². The Labute approximate surface area is 133 Å². The maximum Gasteiger partial charge on any atom is 0.242 e. The van der Waals surface area contributed by atoms with Gasteiger partial charge in [-0.2, -0.15) is 0 Å². The number of carbonyl (C=O) groups is 2. The van der Waals surface area contributed by atoms with Gasteiger partial charge in [0.15, 0.2) is 0 Å². The van der Waals surface area contributed by atoms with Crippen molar-refractivity contribution in [2.75, 3.05) is 23.4 Å². The van der Waals surface area contributed by atoms with Gasteiger partial charge in [-0.1, -0.05) is 18.2 Å². The average molecular weight is 310 g/mol. The first-order chi connectivity index (χ1) is 11.1. The third-order valence-electron chi connectivity index (χ3n) is 4.65. The predicted octanol–water partition coefficient (Wildman–Crippen LogP) is 2.55. The van der Waals surface area contributed by atoms with Crippen LogP contribution in [0.2, 0.25) is 0 Å². The van der Waals surface area contributed by atoms with Gasteiger partial charge in [-0.05, 0) is 35.9 Å². The first-order valence-electron chi connectivity index (χ1n) is 7.51. The molecule has 0 bridgehead atoms. The molecule has 2 aromatic rings. The number of rotatable bonds is 1. The summed E-state index contributed by atoms with van der Waals surface area (Å²) in [5.41, 5.74) is 1.97. The van der Waals surface area contributed by atoms with Gasteiger partial charge in [0.1, 0.15) is 5.82 Å². The molecule has 2 aliphatic rings. The summed E-state index contributed by atoms with van der Waals surface area (Å²) in [5.74, 6) is -1.96. The lowest BCUT2D eigenvalue weighted by molar-refractivity contribution is -0.122. The summed E-state index contributed by atoms with van der Waals surface area (Å²) in [4.78, 5) is 28.8. The van der Waals surface area contributed by atoms with Gasteiger partial charge in [-0.25, -0.2) is 9.29 Å². The molecule has 2 atom stereocenters. The number of benzene rings is 2. The van der Waals surface area contributed by atoms with Crippen LogP contribution in [0.5, 0.6) is 0 Å². The second-order valence-corrected chi connectivity index (χ2v) is 6.02. The summed E-state index contributed by atoms with van der Waals surface area (Å²) in [5, 5.41) is 0. The van der Waals surface area contributed by atoms with Gasteiger partial charge >= 0.3 is 0 Å². The zero-order valence-corrected chi connectivity index (χ0v) is 12.6. The maximum absolute atomic E-state index is 13.7. The highest BCUT2D eigenvalue weighted by Crippen LogP contribution is 2.45. The molecule has 0 spiro atoms. The molecule has 4 rings (SSSR count). The number of imide groups is 1. The lowest BCUT2D eigenvalue weighted by Crippen LogP contribution is -2.37. The average Bonchev–Trinajstić information content (AvgIpc) is 2.79. The van der Waals surface area contributed by atoms with Crippen LogP contribution in [0.15, 0.2) is 48.5 Å². The summed E-state index contributed by atoms with van der Waals surface area (Å²) in [6, 6.07) is 13.3. The Morgan fingerprint density at radius 3 is 2.52 bits per heavy atom. The number of halogens is 1. The number of carbonyl (C=O) groups excluding carboxylic acids is 2. The number of hydrogen-bond donors (Lipinski definition) is 0. The van der Waals surface area contributed by atoms with Crippen LogP contribution in [-0.4, -0.2) is 25.4 Å². The molecule has 2 amide bonds. The zero-order chi connectivity index (χ0) is 16.1. The van der Waals surface area contributed by atoms with Crippen molar-refractivity contribution in [2.24, 2.45) is 5.92 Å². The molecule has 2 aromatic carbocycles. The van der Waals surface area contributed by atoms with E-state index in [0.717, 1.165) is 5.69 Å². The van der Waals surface area contributed by atoms with Gasteiger partial charge in [0.05, 0.1) is 17.5 Å². The van der Waals surface area contributed by atoms with E-state index in [1.807, 2.05) is 18.0 Å². The molecule has 5 heteroatoms. The minimum Gasteiger partial charge on any atom is -0.374 e. The van der Waals surface area contributed by atoms with Crippen molar-refractivity contribution in [1.29, 1.82) is 0 Å². The highest BCUT2D eigenvalue weighted by Gasteiger charge is 2.52. The highest BCUT2D eigenvalue weighted by atomic mass is 19.1. The van der Waals surface area contributed by atoms with Crippen LogP contribution in [0.4, 0.5) is 15.8 Å². The van der Waals surface area contributed by atoms with Crippen molar-refractivity contribution < 1.29 is 14.0 Å². The Bertz CT molecular complexity index is 806. The largest absolute Gasteiger partial charge is 0.374 e. The lowest BCUT2D eigenvalue weighted by Gasteiger charge is -2.33. The SMILES string of the molecule is CN1C[C@H]2C(=O)N(c3ccccc3)C(=O)[C@H]2c2cc(F)ccc21. The topological polar surface area (TPSA) is 40.6 Å². The van der Waals surface area contributed by atoms with Gasteiger partial charge in [0.2, 0.25) is 11.8 Å². The second-order valence-electron chi connectivity index (χ2n) is 6.02. The predicted molar refractivity (Wildman–Crippen MR) is 84.8 cm³/mol. The van der Waals surface area contributed by atoms with Gasteiger partial charge in [-0.3, -0.25) is 9.59 Å². The van der Waals surface area contributed by atoms with Crippen LogP contribution in [0.1, 0.15) is 11.5 Å². The molecule has 2 heterocycles. The van der Waals surface area contributed by atoms with Gasteiger partial charge in [0.25, 0.3) is 0 Å². The first kappa shape index (κ1) is 13.9. The third kappa shape index (κ3) is 1.96. The number of nitrogens with zero attached hydrogens (tertiary/aromatic N) is 2. The fourth-order valence-corrected chi connectivity index (χ4v) is 3.61. The number of amides is 2. The number of para-hydroxylation sites is 1.